The molecule has 0 aromatic heterocycles. The summed E-state index contributed by atoms with van der Waals surface area (Å²) in [6, 6.07) is 9.78. The molecule has 2 saturated heterocycles. The van der Waals surface area contributed by atoms with Crippen LogP contribution in [-0.2, 0) is 14.3 Å². The Balaban J connectivity index is 1.38. The van der Waals surface area contributed by atoms with E-state index < -0.39 is 0 Å². The van der Waals surface area contributed by atoms with Crippen LogP contribution in [0.3, 0.4) is 0 Å². The molecule has 1 aliphatic carbocycles. The van der Waals surface area contributed by atoms with Gasteiger partial charge < -0.3 is 14.5 Å². The first-order valence-electron chi connectivity index (χ1n) is 10.5. The lowest BCUT2D eigenvalue weighted by atomic mass is 9.93. The van der Waals surface area contributed by atoms with E-state index in [-0.39, 0.29) is 30.4 Å². The molecule has 3 fully saturated rings. The Labute approximate surface area is 161 Å². The Kier molecular flexibility index (Phi) is 5.77. The van der Waals surface area contributed by atoms with Crippen molar-refractivity contribution in [3.63, 3.8) is 0 Å². The SMILES string of the molecule is O=C(CCC1CCCC1)N1CC[C@@H]2OCC(=O)N(c3ccccc3)C[C@H]2C1. The number of rotatable bonds is 4. The number of benzene rings is 1. The molecular formula is C22H30N2O3. The highest BCUT2D eigenvalue weighted by atomic mass is 16.5. The Morgan fingerprint density at radius 3 is 2.63 bits per heavy atom. The number of piperidine rings is 1. The average Bonchev–Trinajstić information content (AvgIpc) is 3.17. The van der Waals surface area contributed by atoms with Crippen molar-refractivity contribution in [2.24, 2.45) is 11.8 Å². The second kappa shape index (κ2) is 8.42. The van der Waals surface area contributed by atoms with Crippen LogP contribution in [0.1, 0.15) is 44.9 Å². The molecule has 1 aromatic rings. The highest BCUT2D eigenvalue weighted by Gasteiger charge is 2.37. The minimum Gasteiger partial charge on any atom is -0.368 e. The van der Waals surface area contributed by atoms with Crippen molar-refractivity contribution in [3.8, 4) is 0 Å². The summed E-state index contributed by atoms with van der Waals surface area (Å²) in [7, 11) is 0. The van der Waals surface area contributed by atoms with Gasteiger partial charge in [0.25, 0.3) is 5.91 Å². The van der Waals surface area contributed by atoms with Crippen LogP contribution >= 0.6 is 0 Å². The highest BCUT2D eigenvalue weighted by Crippen LogP contribution is 2.30. The van der Waals surface area contributed by atoms with Crippen LogP contribution < -0.4 is 4.90 Å². The molecule has 2 amide bonds. The maximum atomic E-state index is 12.7. The molecule has 2 atom stereocenters. The fourth-order valence-electron chi connectivity index (χ4n) is 4.87. The molecule has 1 aromatic carbocycles. The van der Waals surface area contributed by atoms with Crippen molar-refractivity contribution in [2.75, 3.05) is 31.1 Å². The van der Waals surface area contributed by atoms with E-state index in [1.807, 2.05) is 40.1 Å². The topological polar surface area (TPSA) is 49.9 Å². The summed E-state index contributed by atoms with van der Waals surface area (Å²) in [4.78, 5) is 29.1. The molecule has 0 bridgehead atoms. The van der Waals surface area contributed by atoms with Crippen LogP contribution in [0.25, 0.3) is 0 Å². The first kappa shape index (κ1) is 18.5. The Bertz CT molecular complexity index is 657. The summed E-state index contributed by atoms with van der Waals surface area (Å²) in [5.74, 6) is 1.22. The van der Waals surface area contributed by atoms with Gasteiger partial charge in [0.15, 0.2) is 0 Å². The van der Waals surface area contributed by atoms with E-state index in [2.05, 4.69) is 0 Å². The second-order valence-electron chi connectivity index (χ2n) is 8.27. The van der Waals surface area contributed by atoms with Gasteiger partial charge in [0.2, 0.25) is 5.91 Å². The van der Waals surface area contributed by atoms with E-state index in [0.29, 0.717) is 19.5 Å². The number of hydrogen-bond donors (Lipinski definition) is 0. The third kappa shape index (κ3) is 4.34. The van der Waals surface area contributed by atoms with Crippen molar-refractivity contribution in [2.45, 2.75) is 51.0 Å². The van der Waals surface area contributed by atoms with Crippen molar-refractivity contribution in [3.05, 3.63) is 30.3 Å². The summed E-state index contributed by atoms with van der Waals surface area (Å²) in [5.41, 5.74) is 0.913. The van der Waals surface area contributed by atoms with Gasteiger partial charge in [0, 0.05) is 37.7 Å². The number of carbonyl (C=O) groups is 2. The fourth-order valence-corrected chi connectivity index (χ4v) is 4.87. The van der Waals surface area contributed by atoms with Crippen molar-refractivity contribution >= 4 is 17.5 Å². The Morgan fingerprint density at radius 2 is 1.85 bits per heavy atom. The molecule has 5 heteroatoms. The van der Waals surface area contributed by atoms with Crippen LogP contribution in [0.2, 0.25) is 0 Å². The summed E-state index contributed by atoms with van der Waals surface area (Å²) < 4.78 is 5.91. The minimum absolute atomic E-state index is 0.00899. The number of carbonyl (C=O) groups excluding carboxylic acids is 2. The van der Waals surface area contributed by atoms with E-state index in [1.165, 1.54) is 25.7 Å². The van der Waals surface area contributed by atoms with Crippen LogP contribution in [0.15, 0.2) is 30.3 Å². The normalized spacial score (nSPS) is 26.7. The molecule has 4 rings (SSSR count). The summed E-state index contributed by atoms with van der Waals surface area (Å²) in [6.07, 6.45) is 7.84. The highest BCUT2D eigenvalue weighted by molar-refractivity contribution is 5.94. The number of para-hydroxylation sites is 1. The molecule has 3 aliphatic rings. The van der Waals surface area contributed by atoms with Crippen LogP contribution in [0.5, 0.6) is 0 Å². The summed E-state index contributed by atoms with van der Waals surface area (Å²) >= 11 is 0. The van der Waals surface area contributed by atoms with Crippen LogP contribution in [-0.4, -0.2) is 49.1 Å². The largest absolute Gasteiger partial charge is 0.368 e. The lowest BCUT2D eigenvalue weighted by molar-refractivity contribution is -0.137. The van der Waals surface area contributed by atoms with Crippen molar-refractivity contribution in [1.29, 1.82) is 0 Å². The molecule has 1 saturated carbocycles. The van der Waals surface area contributed by atoms with Gasteiger partial charge in [-0.3, -0.25) is 9.59 Å². The van der Waals surface area contributed by atoms with E-state index in [4.69, 9.17) is 4.74 Å². The van der Waals surface area contributed by atoms with Gasteiger partial charge >= 0.3 is 0 Å². The number of ether oxygens (including phenoxy) is 1. The third-order valence-electron chi connectivity index (χ3n) is 6.47. The predicted octanol–water partition coefficient (Wildman–Crippen LogP) is 3.24. The number of nitrogens with zero attached hydrogens (tertiary/aromatic N) is 2. The Hall–Kier alpha value is -1.88. The third-order valence-corrected chi connectivity index (χ3v) is 6.47. The second-order valence-corrected chi connectivity index (χ2v) is 8.27. The van der Waals surface area contributed by atoms with Crippen molar-refractivity contribution < 1.29 is 14.3 Å². The van der Waals surface area contributed by atoms with Gasteiger partial charge in [0.05, 0.1) is 6.10 Å². The summed E-state index contributed by atoms with van der Waals surface area (Å²) in [6.45, 7) is 2.21. The number of anilines is 1. The van der Waals surface area contributed by atoms with Gasteiger partial charge in [-0.2, -0.15) is 0 Å². The molecule has 27 heavy (non-hydrogen) atoms. The Morgan fingerprint density at radius 1 is 1.07 bits per heavy atom. The van der Waals surface area contributed by atoms with E-state index in [0.717, 1.165) is 31.0 Å². The lowest BCUT2D eigenvalue weighted by Crippen LogP contribution is -2.49. The van der Waals surface area contributed by atoms with Crippen LogP contribution in [0, 0.1) is 11.8 Å². The molecule has 0 radical (unpaired) electrons. The predicted molar refractivity (Wildman–Crippen MR) is 104 cm³/mol. The summed E-state index contributed by atoms with van der Waals surface area (Å²) in [5, 5.41) is 0. The van der Waals surface area contributed by atoms with Gasteiger partial charge in [-0.05, 0) is 30.9 Å². The number of likely N-dealkylation sites (tertiary alicyclic amines) is 1. The maximum Gasteiger partial charge on any atom is 0.252 e. The number of hydrogen-bond acceptors (Lipinski definition) is 3. The van der Waals surface area contributed by atoms with E-state index in [9.17, 15) is 9.59 Å². The zero-order valence-corrected chi connectivity index (χ0v) is 16.0. The number of fused-ring (bicyclic) bond motifs is 1. The maximum absolute atomic E-state index is 12.7. The van der Waals surface area contributed by atoms with Gasteiger partial charge in [-0.15, -0.1) is 0 Å². The molecule has 0 spiro atoms. The fraction of sp³-hybridized carbons (Fsp3) is 0.636. The molecule has 2 heterocycles. The zero-order chi connectivity index (χ0) is 18.6. The van der Waals surface area contributed by atoms with Gasteiger partial charge in [-0.25, -0.2) is 0 Å². The standard InChI is InChI=1S/C22H30N2O3/c25-21(11-10-17-6-4-5-7-17)23-13-12-20-18(14-23)15-24(22(26)16-27-20)19-8-2-1-3-9-19/h1-3,8-9,17-18,20H,4-7,10-16H2/t18-,20+/m1/s1. The first-order valence-corrected chi connectivity index (χ1v) is 10.5. The van der Waals surface area contributed by atoms with Gasteiger partial charge in [-0.1, -0.05) is 43.9 Å². The molecule has 0 N–H and O–H groups in total. The quantitative estimate of drug-likeness (QED) is 0.818. The van der Waals surface area contributed by atoms with E-state index in [1.54, 1.807) is 0 Å². The monoisotopic (exact) mass is 370 g/mol. The average molecular weight is 370 g/mol. The van der Waals surface area contributed by atoms with Gasteiger partial charge in [0.1, 0.15) is 6.61 Å². The molecule has 146 valence electrons. The number of amides is 2. The smallest absolute Gasteiger partial charge is 0.252 e. The van der Waals surface area contributed by atoms with Crippen molar-refractivity contribution in [1.82, 2.24) is 4.90 Å². The molecule has 0 unspecified atom stereocenters. The van der Waals surface area contributed by atoms with E-state index >= 15 is 0 Å². The molecule has 2 aliphatic heterocycles. The zero-order valence-electron chi connectivity index (χ0n) is 16.0. The molecule has 5 nitrogen and oxygen atoms in total. The lowest BCUT2D eigenvalue weighted by Gasteiger charge is -2.38. The minimum atomic E-state index is 0.00899. The van der Waals surface area contributed by atoms with Crippen LogP contribution in [0.4, 0.5) is 5.69 Å². The molecular weight excluding hydrogens is 340 g/mol. The first-order chi connectivity index (χ1) is 13.2.